The van der Waals surface area contributed by atoms with Gasteiger partial charge in [0.1, 0.15) is 5.82 Å². The van der Waals surface area contributed by atoms with Crippen molar-refractivity contribution in [2.24, 2.45) is 23.7 Å². The zero-order valence-electron chi connectivity index (χ0n) is 39.1. The van der Waals surface area contributed by atoms with Gasteiger partial charge in [0.25, 0.3) is 0 Å². The van der Waals surface area contributed by atoms with Gasteiger partial charge < -0.3 is 0 Å². The zero-order valence-corrected chi connectivity index (χ0v) is 39.1. The van der Waals surface area contributed by atoms with Gasteiger partial charge in [-0.3, -0.25) is 0 Å². The summed E-state index contributed by atoms with van der Waals surface area (Å²) < 4.78 is 15.0. The fraction of sp³-hybridized carbons (Fsp3) is 0.600. The Kier molecular flexibility index (Phi) is 17.6. The van der Waals surface area contributed by atoms with Crippen LogP contribution < -0.4 is 0 Å². The van der Waals surface area contributed by atoms with Crippen molar-refractivity contribution in [3.05, 3.63) is 119 Å². The van der Waals surface area contributed by atoms with Gasteiger partial charge in [0.05, 0.1) is 0 Å². The average molecular weight is 823 g/mol. The third-order valence-corrected chi connectivity index (χ3v) is 16.4. The molecule has 4 aromatic rings. The van der Waals surface area contributed by atoms with Crippen molar-refractivity contribution in [2.45, 2.75) is 205 Å². The highest BCUT2D eigenvalue weighted by atomic mass is 19.1. The maximum Gasteiger partial charge on any atom is 0.127 e. The van der Waals surface area contributed by atoms with Crippen LogP contribution in [0.15, 0.2) is 91.0 Å². The first kappa shape index (κ1) is 45.8. The molecule has 0 heterocycles. The summed E-state index contributed by atoms with van der Waals surface area (Å²) in [5.74, 6) is 6.49. The van der Waals surface area contributed by atoms with Crippen molar-refractivity contribution in [1.82, 2.24) is 0 Å². The van der Waals surface area contributed by atoms with E-state index in [0.717, 1.165) is 65.0 Å². The predicted molar refractivity (Wildman–Crippen MR) is 262 cm³/mol. The Bertz CT molecular complexity index is 1750. The first-order valence-electron chi connectivity index (χ1n) is 26.0. The van der Waals surface area contributed by atoms with E-state index in [2.05, 4.69) is 113 Å². The molecule has 4 aliphatic carbocycles. The Balaban J connectivity index is 0.000000184. The molecular weight excluding hydrogens is 740 g/mol. The van der Waals surface area contributed by atoms with E-state index in [-0.39, 0.29) is 5.82 Å². The standard InChI is InChI=1S/C30H41F.C30H42/c1-3-5-22-7-11-24(12-8-22)25-15-17-26(18-16-25)28-19-20-29(30(31)21-28)27-13-9-23(6-4-2)10-14-27;1-3-5-23-7-11-25(12-8-23)27-15-19-29(20-16-27)30-21-17-28(18-22-30)26-13-9-24(6-4-2)10-14-26/h15-24,27H,3-14H2,1-2H3;15-26H,3-14H2,1-2H3. The molecule has 330 valence electrons. The summed E-state index contributed by atoms with van der Waals surface area (Å²) in [4.78, 5) is 0. The fourth-order valence-corrected chi connectivity index (χ4v) is 12.6. The number of benzene rings is 4. The molecule has 0 amide bonds. The Hall–Kier alpha value is -3.19. The van der Waals surface area contributed by atoms with E-state index in [1.165, 1.54) is 158 Å². The van der Waals surface area contributed by atoms with Crippen LogP contribution in [0.1, 0.15) is 228 Å². The summed E-state index contributed by atoms with van der Waals surface area (Å²) in [6.07, 6.45) is 32.4. The van der Waals surface area contributed by atoms with Crippen LogP contribution in [-0.2, 0) is 0 Å². The highest BCUT2D eigenvalue weighted by Crippen LogP contribution is 2.42. The molecule has 0 bridgehead atoms. The van der Waals surface area contributed by atoms with Gasteiger partial charge in [0.2, 0.25) is 0 Å². The summed E-state index contributed by atoms with van der Waals surface area (Å²) >= 11 is 0. The van der Waals surface area contributed by atoms with Gasteiger partial charge in [-0.2, -0.15) is 0 Å². The molecule has 0 saturated heterocycles. The highest BCUT2D eigenvalue weighted by molar-refractivity contribution is 5.65. The van der Waals surface area contributed by atoms with Crippen LogP contribution in [0.2, 0.25) is 0 Å². The number of rotatable bonds is 14. The molecule has 4 saturated carbocycles. The third-order valence-electron chi connectivity index (χ3n) is 16.4. The van der Waals surface area contributed by atoms with Crippen LogP contribution >= 0.6 is 0 Å². The molecule has 0 N–H and O–H groups in total. The molecule has 0 aliphatic heterocycles. The Morgan fingerprint density at radius 1 is 0.328 bits per heavy atom. The maximum absolute atomic E-state index is 15.0. The van der Waals surface area contributed by atoms with Gasteiger partial charge in [-0.25, -0.2) is 4.39 Å². The van der Waals surface area contributed by atoms with E-state index in [9.17, 15) is 0 Å². The molecule has 4 aromatic carbocycles. The van der Waals surface area contributed by atoms with Gasteiger partial charge in [-0.1, -0.05) is 164 Å². The first-order valence-corrected chi connectivity index (χ1v) is 26.0. The van der Waals surface area contributed by atoms with Crippen molar-refractivity contribution in [1.29, 1.82) is 0 Å². The van der Waals surface area contributed by atoms with Gasteiger partial charge in [0, 0.05) is 0 Å². The number of hydrogen-bond acceptors (Lipinski definition) is 0. The molecule has 0 radical (unpaired) electrons. The van der Waals surface area contributed by atoms with E-state index >= 15 is 4.39 Å². The first-order chi connectivity index (χ1) is 29.9. The van der Waals surface area contributed by atoms with E-state index in [0.29, 0.717) is 11.8 Å². The lowest BCUT2D eigenvalue weighted by Gasteiger charge is -2.29. The predicted octanol–water partition coefficient (Wildman–Crippen LogP) is 19.1. The van der Waals surface area contributed by atoms with Crippen molar-refractivity contribution in [2.75, 3.05) is 0 Å². The van der Waals surface area contributed by atoms with Crippen LogP contribution in [0.25, 0.3) is 22.3 Å². The topological polar surface area (TPSA) is 0 Å². The largest absolute Gasteiger partial charge is 0.207 e. The molecule has 61 heavy (non-hydrogen) atoms. The molecule has 0 aromatic heterocycles. The minimum absolute atomic E-state index is 0.00485. The molecular formula is C60H83F. The molecule has 0 nitrogen and oxygen atoms in total. The van der Waals surface area contributed by atoms with Crippen LogP contribution in [-0.4, -0.2) is 0 Å². The normalized spacial score (nSPS) is 26.9. The molecule has 8 rings (SSSR count). The van der Waals surface area contributed by atoms with E-state index in [1.807, 2.05) is 0 Å². The molecule has 1 heteroatoms. The van der Waals surface area contributed by atoms with Gasteiger partial charge in [-0.05, 0) is 201 Å². The quantitative estimate of drug-likeness (QED) is 0.119. The van der Waals surface area contributed by atoms with Gasteiger partial charge >= 0.3 is 0 Å². The highest BCUT2D eigenvalue weighted by Gasteiger charge is 2.26. The van der Waals surface area contributed by atoms with E-state index < -0.39 is 0 Å². The maximum atomic E-state index is 15.0. The smallest absolute Gasteiger partial charge is 0.127 e. The van der Waals surface area contributed by atoms with E-state index in [1.54, 1.807) is 17.2 Å². The lowest BCUT2D eigenvalue weighted by atomic mass is 9.76. The zero-order chi connectivity index (χ0) is 42.4. The monoisotopic (exact) mass is 823 g/mol. The van der Waals surface area contributed by atoms with Crippen molar-refractivity contribution in [3.63, 3.8) is 0 Å². The summed E-state index contributed by atoms with van der Waals surface area (Å²) in [5, 5.41) is 0. The minimum Gasteiger partial charge on any atom is -0.207 e. The van der Waals surface area contributed by atoms with Crippen molar-refractivity contribution < 1.29 is 4.39 Å². The van der Waals surface area contributed by atoms with E-state index in [4.69, 9.17) is 0 Å². The SMILES string of the molecule is CCCC1CCC(c2ccc(-c3ccc(C4CCC(CCC)CC4)c(F)c3)cc2)CC1.CCCC1CCC(c2ccc(-c3ccc(C4CCC(CCC)CC4)cc3)cc2)CC1. The van der Waals surface area contributed by atoms with Gasteiger partial charge in [-0.15, -0.1) is 0 Å². The Morgan fingerprint density at radius 2 is 0.590 bits per heavy atom. The lowest BCUT2D eigenvalue weighted by molar-refractivity contribution is 0.304. The van der Waals surface area contributed by atoms with Crippen molar-refractivity contribution in [3.8, 4) is 22.3 Å². The van der Waals surface area contributed by atoms with Crippen LogP contribution in [0, 0.1) is 29.5 Å². The summed E-state index contributed by atoms with van der Waals surface area (Å²) in [7, 11) is 0. The van der Waals surface area contributed by atoms with Crippen LogP contribution in [0.5, 0.6) is 0 Å². The Morgan fingerprint density at radius 3 is 0.869 bits per heavy atom. The average Bonchev–Trinajstić information content (AvgIpc) is 3.31. The Labute approximate surface area is 373 Å². The summed E-state index contributed by atoms with van der Waals surface area (Å²) in [5.41, 5.74) is 10.4. The van der Waals surface area contributed by atoms with Crippen LogP contribution in [0.3, 0.4) is 0 Å². The second-order valence-electron chi connectivity index (χ2n) is 20.6. The lowest BCUT2D eigenvalue weighted by Crippen LogP contribution is -2.14. The number of halogens is 1. The molecule has 0 unspecified atom stereocenters. The van der Waals surface area contributed by atoms with Gasteiger partial charge in [0.15, 0.2) is 0 Å². The van der Waals surface area contributed by atoms with Crippen LogP contribution in [0.4, 0.5) is 4.39 Å². The minimum atomic E-state index is -0.00485. The third kappa shape index (κ3) is 12.7. The second kappa shape index (κ2) is 23.5. The second-order valence-corrected chi connectivity index (χ2v) is 20.6. The molecule has 0 atom stereocenters. The summed E-state index contributed by atoms with van der Waals surface area (Å²) in [6, 6.07) is 34.0. The number of hydrogen-bond donors (Lipinski definition) is 0. The van der Waals surface area contributed by atoms with Crippen molar-refractivity contribution >= 4 is 0 Å². The fourth-order valence-electron chi connectivity index (χ4n) is 12.6. The molecule has 4 aliphatic rings. The molecule has 0 spiro atoms. The molecule has 4 fully saturated rings. The summed E-state index contributed by atoms with van der Waals surface area (Å²) in [6.45, 7) is 9.23.